The van der Waals surface area contributed by atoms with Gasteiger partial charge >= 0.3 is 0 Å². The van der Waals surface area contributed by atoms with Gasteiger partial charge in [-0.05, 0) is 32.0 Å². The summed E-state index contributed by atoms with van der Waals surface area (Å²) in [5, 5.41) is 2.46. The van der Waals surface area contributed by atoms with Crippen LogP contribution in [0.2, 0.25) is 0 Å². The summed E-state index contributed by atoms with van der Waals surface area (Å²) in [6.07, 6.45) is 0. The standard InChI is InChI=1S/C13H18FN3O2/c1-3-17(4-2)12(18)8-16-13(19)9-5-6-11(15)10(14)7-9/h5-7H,3-4,8,15H2,1-2H3,(H,16,19). The fraction of sp³-hybridized carbons (Fsp3) is 0.385. The van der Waals surface area contributed by atoms with Gasteiger partial charge < -0.3 is 16.0 Å². The quantitative estimate of drug-likeness (QED) is 0.782. The highest BCUT2D eigenvalue weighted by molar-refractivity contribution is 5.96. The number of nitrogens with zero attached hydrogens (tertiary/aromatic N) is 1. The van der Waals surface area contributed by atoms with Crippen LogP contribution in [0.15, 0.2) is 18.2 Å². The minimum atomic E-state index is -0.650. The van der Waals surface area contributed by atoms with E-state index >= 15 is 0 Å². The highest BCUT2D eigenvalue weighted by Gasteiger charge is 2.13. The van der Waals surface area contributed by atoms with Crippen LogP contribution >= 0.6 is 0 Å². The number of hydrogen-bond donors (Lipinski definition) is 2. The molecule has 0 aromatic heterocycles. The average Bonchev–Trinajstić information content (AvgIpc) is 2.40. The maximum Gasteiger partial charge on any atom is 0.251 e. The van der Waals surface area contributed by atoms with Crippen LogP contribution in [-0.2, 0) is 4.79 Å². The van der Waals surface area contributed by atoms with Crippen LogP contribution < -0.4 is 11.1 Å². The smallest absolute Gasteiger partial charge is 0.251 e. The molecule has 1 aromatic carbocycles. The van der Waals surface area contributed by atoms with Crippen molar-refractivity contribution in [2.75, 3.05) is 25.4 Å². The van der Waals surface area contributed by atoms with Gasteiger partial charge in [0.15, 0.2) is 0 Å². The average molecular weight is 267 g/mol. The molecule has 1 aromatic rings. The van der Waals surface area contributed by atoms with Crippen molar-refractivity contribution in [1.82, 2.24) is 10.2 Å². The van der Waals surface area contributed by atoms with Gasteiger partial charge in [0.25, 0.3) is 5.91 Å². The molecule has 0 aliphatic carbocycles. The maximum absolute atomic E-state index is 13.2. The lowest BCUT2D eigenvalue weighted by Gasteiger charge is -2.18. The lowest BCUT2D eigenvalue weighted by molar-refractivity contribution is -0.129. The molecule has 0 aliphatic heterocycles. The molecule has 0 radical (unpaired) electrons. The number of nitrogens with two attached hydrogens (primary N) is 1. The van der Waals surface area contributed by atoms with E-state index in [1.165, 1.54) is 12.1 Å². The van der Waals surface area contributed by atoms with Gasteiger partial charge in [-0.15, -0.1) is 0 Å². The van der Waals surface area contributed by atoms with Gasteiger partial charge in [0, 0.05) is 18.7 Å². The highest BCUT2D eigenvalue weighted by atomic mass is 19.1. The number of carbonyl (C=O) groups excluding carboxylic acids is 2. The zero-order valence-corrected chi connectivity index (χ0v) is 11.1. The van der Waals surface area contributed by atoms with Gasteiger partial charge in [-0.2, -0.15) is 0 Å². The third-order valence-electron chi connectivity index (χ3n) is 2.78. The molecular formula is C13H18FN3O2. The third kappa shape index (κ3) is 3.94. The number of hydrogen-bond acceptors (Lipinski definition) is 3. The second-order valence-electron chi connectivity index (χ2n) is 3.98. The summed E-state index contributed by atoms with van der Waals surface area (Å²) in [6, 6.07) is 3.78. The lowest BCUT2D eigenvalue weighted by atomic mass is 10.2. The number of nitrogens with one attached hydrogen (secondary N) is 1. The summed E-state index contributed by atoms with van der Waals surface area (Å²) in [4.78, 5) is 25.0. The van der Waals surface area contributed by atoms with E-state index in [4.69, 9.17) is 5.73 Å². The summed E-state index contributed by atoms with van der Waals surface area (Å²) in [7, 11) is 0. The van der Waals surface area contributed by atoms with Crippen molar-refractivity contribution in [2.24, 2.45) is 0 Å². The van der Waals surface area contributed by atoms with Crippen LogP contribution in [0.5, 0.6) is 0 Å². The number of anilines is 1. The van der Waals surface area contributed by atoms with Crippen LogP contribution in [0, 0.1) is 5.82 Å². The predicted octanol–water partition coefficient (Wildman–Crippen LogP) is 1.01. The van der Waals surface area contributed by atoms with Crippen molar-refractivity contribution >= 4 is 17.5 Å². The summed E-state index contributed by atoms with van der Waals surface area (Å²) < 4.78 is 13.2. The molecule has 5 nitrogen and oxygen atoms in total. The Morgan fingerprint density at radius 3 is 2.47 bits per heavy atom. The first-order valence-corrected chi connectivity index (χ1v) is 6.10. The van der Waals surface area contributed by atoms with Crippen molar-refractivity contribution in [3.63, 3.8) is 0 Å². The van der Waals surface area contributed by atoms with Gasteiger partial charge in [-0.25, -0.2) is 4.39 Å². The van der Waals surface area contributed by atoms with Crippen LogP contribution in [0.25, 0.3) is 0 Å². The topological polar surface area (TPSA) is 75.4 Å². The van der Waals surface area contributed by atoms with Crippen LogP contribution in [0.3, 0.4) is 0 Å². The van der Waals surface area contributed by atoms with Crippen molar-refractivity contribution in [2.45, 2.75) is 13.8 Å². The molecule has 0 bridgehead atoms. The normalized spacial score (nSPS) is 10.1. The van der Waals surface area contributed by atoms with Crippen molar-refractivity contribution in [3.05, 3.63) is 29.6 Å². The Morgan fingerprint density at radius 2 is 1.95 bits per heavy atom. The Labute approximate surface area is 111 Å². The molecule has 19 heavy (non-hydrogen) atoms. The zero-order valence-electron chi connectivity index (χ0n) is 11.1. The first-order chi connectivity index (χ1) is 8.99. The first kappa shape index (κ1) is 14.9. The second-order valence-corrected chi connectivity index (χ2v) is 3.98. The van der Waals surface area contributed by atoms with E-state index < -0.39 is 11.7 Å². The second kappa shape index (κ2) is 6.72. The van der Waals surface area contributed by atoms with Gasteiger partial charge in [0.2, 0.25) is 5.91 Å². The van der Waals surface area contributed by atoms with E-state index in [1.54, 1.807) is 4.90 Å². The predicted molar refractivity (Wildman–Crippen MR) is 71.1 cm³/mol. The molecule has 0 saturated carbocycles. The number of amides is 2. The van der Waals surface area contributed by atoms with Crippen LogP contribution in [0.4, 0.5) is 10.1 Å². The van der Waals surface area contributed by atoms with E-state index in [0.29, 0.717) is 13.1 Å². The lowest BCUT2D eigenvalue weighted by Crippen LogP contribution is -2.40. The maximum atomic E-state index is 13.2. The van der Waals surface area contributed by atoms with E-state index in [0.717, 1.165) is 6.07 Å². The molecule has 2 amide bonds. The molecule has 3 N–H and O–H groups in total. The molecule has 0 atom stereocenters. The van der Waals surface area contributed by atoms with Crippen molar-refractivity contribution < 1.29 is 14.0 Å². The van der Waals surface area contributed by atoms with E-state index in [-0.39, 0.29) is 23.7 Å². The summed E-state index contributed by atoms with van der Waals surface area (Å²) in [6.45, 7) is 4.78. The molecule has 0 spiro atoms. The number of likely N-dealkylation sites (N-methyl/N-ethyl adjacent to an activating group) is 1. The molecule has 0 saturated heterocycles. The number of benzene rings is 1. The highest BCUT2D eigenvalue weighted by Crippen LogP contribution is 2.11. The van der Waals surface area contributed by atoms with E-state index in [9.17, 15) is 14.0 Å². The number of carbonyl (C=O) groups is 2. The zero-order chi connectivity index (χ0) is 14.4. The molecule has 0 fully saturated rings. The SMILES string of the molecule is CCN(CC)C(=O)CNC(=O)c1ccc(N)c(F)c1. The minimum absolute atomic E-state index is 0.0178. The summed E-state index contributed by atoms with van der Waals surface area (Å²) >= 11 is 0. The van der Waals surface area contributed by atoms with E-state index in [2.05, 4.69) is 5.32 Å². The van der Waals surface area contributed by atoms with Crippen LogP contribution in [-0.4, -0.2) is 36.3 Å². The minimum Gasteiger partial charge on any atom is -0.396 e. The Bertz CT molecular complexity index is 473. The molecule has 0 heterocycles. The Kier molecular flexibility index (Phi) is 5.29. The van der Waals surface area contributed by atoms with Crippen molar-refractivity contribution in [1.29, 1.82) is 0 Å². The first-order valence-electron chi connectivity index (χ1n) is 6.10. The van der Waals surface area contributed by atoms with Gasteiger partial charge in [-0.3, -0.25) is 9.59 Å². The fourth-order valence-electron chi connectivity index (χ4n) is 1.61. The third-order valence-corrected chi connectivity index (χ3v) is 2.78. The van der Waals surface area contributed by atoms with Gasteiger partial charge in [0.1, 0.15) is 5.82 Å². The van der Waals surface area contributed by atoms with Crippen molar-refractivity contribution in [3.8, 4) is 0 Å². The molecule has 0 aliphatic rings. The Morgan fingerprint density at radius 1 is 1.32 bits per heavy atom. The molecular weight excluding hydrogens is 249 g/mol. The molecule has 0 unspecified atom stereocenters. The molecule has 104 valence electrons. The van der Waals surface area contributed by atoms with Gasteiger partial charge in [-0.1, -0.05) is 0 Å². The van der Waals surface area contributed by atoms with Crippen LogP contribution in [0.1, 0.15) is 24.2 Å². The Hall–Kier alpha value is -2.11. The number of halogens is 1. The van der Waals surface area contributed by atoms with Gasteiger partial charge in [0.05, 0.1) is 12.2 Å². The molecule has 1 rings (SSSR count). The summed E-state index contributed by atoms with van der Waals surface area (Å²) in [5.74, 6) is -1.32. The fourth-order valence-corrected chi connectivity index (χ4v) is 1.61. The monoisotopic (exact) mass is 267 g/mol. The molecule has 6 heteroatoms. The number of rotatable bonds is 5. The summed E-state index contributed by atoms with van der Waals surface area (Å²) in [5.41, 5.74) is 5.44. The van der Waals surface area contributed by atoms with E-state index in [1.807, 2.05) is 13.8 Å². The largest absolute Gasteiger partial charge is 0.396 e. The number of nitrogen functional groups attached to an aromatic ring is 1. The Balaban J connectivity index is 2.60.